The first kappa shape index (κ1) is 25.2. The van der Waals surface area contributed by atoms with Gasteiger partial charge >= 0.3 is 12.1 Å². The first-order valence-corrected chi connectivity index (χ1v) is 12.5. The van der Waals surface area contributed by atoms with Crippen LogP contribution in [0.15, 0.2) is 47.1 Å². The van der Waals surface area contributed by atoms with Crippen molar-refractivity contribution in [3.63, 3.8) is 0 Å². The Balaban J connectivity index is 1.68. The standard InChI is InChI=1S/C29H29F5O2/c1-3-4-17-5-7-18(8-6-17)23-16-26(2)24(13-14-27(26,36)28(30,31)29(32,33)34)22-11-9-19-15-20(35)10-12-21(19)25(22)23/h5-8,15,22-24,36H,9-14,16H2,1-2H3/t22-,23+,24-,26-,27-/m0/s1. The molecule has 192 valence electrons. The zero-order valence-electron chi connectivity index (χ0n) is 20.3. The molecule has 0 bridgehead atoms. The van der Waals surface area contributed by atoms with Crippen LogP contribution in [0.25, 0.3) is 0 Å². The first-order valence-electron chi connectivity index (χ1n) is 12.5. The number of alkyl halides is 5. The molecule has 0 amide bonds. The number of aliphatic hydroxyl groups is 1. The van der Waals surface area contributed by atoms with Crippen molar-refractivity contribution in [3.05, 3.63) is 58.2 Å². The van der Waals surface area contributed by atoms with Gasteiger partial charge in [0, 0.05) is 23.3 Å². The van der Waals surface area contributed by atoms with Gasteiger partial charge < -0.3 is 5.11 Å². The van der Waals surface area contributed by atoms with E-state index in [1.54, 1.807) is 13.0 Å². The number of benzene rings is 1. The summed E-state index contributed by atoms with van der Waals surface area (Å²) in [7, 11) is 0. The number of fused-ring (bicyclic) bond motifs is 4. The Morgan fingerprint density at radius 1 is 1.03 bits per heavy atom. The van der Waals surface area contributed by atoms with Gasteiger partial charge in [0.05, 0.1) is 0 Å². The lowest BCUT2D eigenvalue weighted by molar-refractivity contribution is -0.362. The van der Waals surface area contributed by atoms with Crippen LogP contribution < -0.4 is 0 Å². The van der Waals surface area contributed by atoms with Crippen LogP contribution >= 0.6 is 0 Å². The number of ketones is 1. The Bertz CT molecular complexity index is 1210. The second-order valence-corrected chi connectivity index (χ2v) is 11.0. The summed E-state index contributed by atoms with van der Waals surface area (Å²) in [4.78, 5) is 12.1. The van der Waals surface area contributed by atoms with Gasteiger partial charge in [-0.25, -0.2) is 0 Å². The SMILES string of the molecule is CC#Cc1ccc([C@H]2C[C@@]3(C)[C@@H](CC[C@@]3(O)C(F)(F)C(F)(F)F)[C@@H]3CCC4=CC(=O)CCC4=C32)cc1. The number of hydrogen-bond acceptors (Lipinski definition) is 2. The molecule has 36 heavy (non-hydrogen) atoms. The van der Waals surface area contributed by atoms with Gasteiger partial charge in [0.2, 0.25) is 0 Å². The van der Waals surface area contributed by atoms with E-state index in [2.05, 4.69) is 11.8 Å². The number of carbonyl (C=O) groups is 1. The molecule has 2 fully saturated rings. The van der Waals surface area contributed by atoms with Gasteiger partial charge in [-0.1, -0.05) is 30.6 Å². The van der Waals surface area contributed by atoms with E-state index in [0.29, 0.717) is 25.7 Å². The highest BCUT2D eigenvalue weighted by molar-refractivity contribution is 5.93. The largest absolute Gasteiger partial charge is 0.456 e. The maximum Gasteiger partial charge on any atom is 0.456 e. The third-order valence-corrected chi connectivity index (χ3v) is 9.34. The van der Waals surface area contributed by atoms with Gasteiger partial charge in [0.25, 0.3) is 0 Å². The molecule has 0 aromatic heterocycles. The third kappa shape index (κ3) is 3.44. The topological polar surface area (TPSA) is 37.3 Å². The molecule has 2 nitrogen and oxygen atoms in total. The maximum atomic E-state index is 15.0. The second kappa shape index (κ2) is 8.28. The molecule has 7 heteroatoms. The molecule has 0 saturated heterocycles. The van der Waals surface area contributed by atoms with E-state index in [4.69, 9.17) is 0 Å². The van der Waals surface area contributed by atoms with Crippen molar-refractivity contribution in [1.82, 2.24) is 0 Å². The van der Waals surface area contributed by atoms with Gasteiger partial charge in [-0.3, -0.25) is 4.79 Å². The van der Waals surface area contributed by atoms with Crippen molar-refractivity contribution in [3.8, 4) is 11.8 Å². The minimum Gasteiger partial charge on any atom is -0.383 e. The summed E-state index contributed by atoms with van der Waals surface area (Å²) >= 11 is 0. The molecule has 2 saturated carbocycles. The van der Waals surface area contributed by atoms with Gasteiger partial charge in [0.15, 0.2) is 5.78 Å². The Kier molecular flexibility index (Phi) is 5.79. The fourth-order valence-electron chi connectivity index (χ4n) is 7.66. The highest BCUT2D eigenvalue weighted by Gasteiger charge is 2.79. The van der Waals surface area contributed by atoms with Gasteiger partial charge in [-0.15, -0.1) is 5.92 Å². The molecule has 1 aromatic rings. The van der Waals surface area contributed by atoms with Crippen molar-refractivity contribution in [2.45, 2.75) is 82.4 Å². The van der Waals surface area contributed by atoms with Gasteiger partial charge in [-0.2, -0.15) is 22.0 Å². The van der Waals surface area contributed by atoms with Crippen molar-refractivity contribution >= 4 is 5.78 Å². The maximum absolute atomic E-state index is 15.0. The van der Waals surface area contributed by atoms with Gasteiger partial charge in [-0.05, 0) is 92.2 Å². The fourth-order valence-corrected chi connectivity index (χ4v) is 7.66. The quantitative estimate of drug-likeness (QED) is 0.352. The Morgan fingerprint density at radius 3 is 2.36 bits per heavy atom. The predicted octanol–water partition coefficient (Wildman–Crippen LogP) is 6.89. The molecule has 4 aliphatic rings. The minimum atomic E-state index is -5.85. The molecule has 0 unspecified atom stereocenters. The number of carbonyl (C=O) groups excluding carboxylic acids is 1. The molecule has 0 heterocycles. The Morgan fingerprint density at radius 2 is 1.72 bits per heavy atom. The molecule has 0 radical (unpaired) electrons. The van der Waals surface area contributed by atoms with Crippen LogP contribution in [-0.4, -0.2) is 28.6 Å². The summed E-state index contributed by atoms with van der Waals surface area (Å²) in [5.41, 5.74) is -0.142. The zero-order chi connectivity index (χ0) is 26.1. The number of rotatable bonds is 2. The number of hydrogen-bond donors (Lipinski definition) is 1. The van der Waals surface area contributed by atoms with E-state index in [1.165, 1.54) is 6.92 Å². The van der Waals surface area contributed by atoms with Crippen LogP contribution in [0.4, 0.5) is 22.0 Å². The number of allylic oxidation sites excluding steroid dienone is 4. The second-order valence-electron chi connectivity index (χ2n) is 11.0. The highest BCUT2D eigenvalue weighted by atomic mass is 19.4. The lowest BCUT2D eigenvalue weighted by Gasteiger charge is -2.56. The smallest absolute Gasteiger partial charge is 0.383 e. The molecular weight excluding hydrogens is 475 g/mol. The van der Waals surface area contributed by atoms with E-state index < -0.39 is 41.4 Å². The van der Waals surface area contributed by atoms with E-state index in [0.717, 1.165) is 27.8 Å². The molecule has 0 aliphatic heterocycles. The van der Waals surface area contributed by atoms with E-state index in [-0.39, 0.29) is 24.5 Å². The van der Waals surface area contributed by atoms with Crippen molar-refractivity contribution in [1.29, 1.82) is 0 Å². The monoisotopic (exact) mass is 504 g/mol. The van der Waals surface area contributed by atoms with Gasteiger partial charge in [0.1, 0.15) is 5.60 Å². The van der Waals surface area contributed by atoms with Crippen LogP contribution in [0.2, 0.25) is 0 Å². The average Bonchev–Trinajstić information content (AvgIpc) is 3.10. The van der Waals surface area contributed by atoms with E-state index >= 15 is 0 Å². The minimum absolute atomic E-state index is 0.0187. The molecular formula is C29H29F5O2. The van der Waals surface area contributed by atoms with Crippen LogP contribution in [0.3, 0.4) is 0 Å². The highest BCUT2D eigenvalue weighted by Crippen LogP contribution is 2.70. The normalized spacial score (nSPS) is 34.3. The molecule has 4 aliphatic carbocycles. The summed E-state index contributed by atoms with van der Waals surface area (Å²) in [5.74, 6) is -0.524. The first-order chi connectivity index (χ1) is 16.8. The summed E-state index contributed by atoms with van der Waals surface area (Å²) in [6, 6.07) is 7.38. The lowest BCUT2D eigenvalue weighted by Crippen LogP contribution is -2.65. The van der Waals surface area contributed by atoms with E-state index in [1.807, 2.05) is 24.3 Å². The molecule has 1 aromatic carbocycles. The van der Waals surface area contributed by atoms with Crippen molar-refractivity contribution in [2.75, 3.05) is 0 Å². The fraction of sp³-hybridized carbons (Fsp3) is 0.552. The Hall–Kier alpha value is -2.46. The summed E-state index contributed by atoms with van der Waals surface area (Å²) in [6.45, 7) is 3.15. The summed E-state index contributed by atoms with van der Waals surface area (Å²) in [6.07, 6.45) is -2.60. The van der Waals surface area contributed by atoms with Crippen LogP contribution in [0.1, 0.15) is 75.8 Å². The van der Waals surface area contributed by atoms with Crippen molar-refractivity contribution in [2.24, 2.45) is 17.3 Å². The Labute approximate surface area is 207 Å². The molecule has 5 rings (SSSR count). The molecule has 5 atom stereocenters. The van der Waals surface area contributed by atoms with Crippen molar-refractivity contribution < 1.29 is 31.9 Å². The van der Waals surface area contributed by atoms with Crippen LogP contribution in [0.5, 0.6) is 0 Å². The summed E-state index contributed by atoms with van der Waals surface area (Å²) < 4.78 is 70.8. The third-order valence-electron chi connectivity index (χ3n) is 9.34. The zero-order valence-corrected chi connectivity index (χ0v) is 20.3. The van der Waals surface area contributed by atoms with E-state index in [9.17, 15) is 31.9 Å². The predicted molar refractivity (Wildman–Crippen MR) is 125 cm³/mol. The summed E-state index contributed by atoms with van der Waals surface area (Å²) in [5, 5.41) is 11.3. The van der Waals surface area contributed by atoms with Crippen LogP contribution in [-0.2, 0) is 4.79 Å². The molecule has 1 N–H and O–H groups in total. The molecule has 0 spiro atoms. The lowest BCUT2D eigenvalue weighted by atomic mass is 9.50. The van der Waals surface area contributed by atoms with Crippen LogP contribution in [0, 0.1) is 29.1 Å². The number of halogens is 5. The average molecular weight is 505 g/mol.